The Balaban J connectivity index is 2.29. The van der Waals surface area contributed by atoms with Gasteiger partial charge < -0.3 is 10.6 Å². The van der Waals surface area contributed by atoms with E-state index in [2.05, 4.69) is 9.97 Å². The van der Waals surface area contributed by atoms with Crippen LogP contribution in [0.3, 0.4) is 0 Å². The summed E-state index contributed by atoms with van der Waals surface area (Å²) < 4.78 is 0. The zero-order valence-corrected chi connectivity index (χ0v) is 9.87. The van der Waals surface area contributed by atoms with E-state index >= 15 is 0 Å². The van der Waals surface area contributed by atoms with E-state index in [0.29, 0.717) is 12.5 Å². The van der Waals surface area contributed by atoms with Crippen molar-refractivity contribution in [3.63, 3.8) is 0 Å². The van der Waals surface area contributed by atoms with Gasteiger partial charge in [0.05, 0.1) is 5.69 Å². The molecule has 4 nitrogen and oxygen atoms in total. The molecule has 2 N–H and O–H groups in total. The molecule has 0 saturated heterocycles. The number of likely N-dealkylation sites (N-methyl/N-ethyl adjacent to an activating group) is 1. The molecule has 0 fully saturated rings. The third kappa shape index (κ3) is 2.79. The Morgan fingerprint density at radius 3 is 2.65 bits per heavy atom. The molecule has 0 radical (unpaired) electrons. The highest BCUT2D eigenvalue weighted by Crippen LogP contribution is 2.17. The predicted molar refractivity (Wildman–Crippen MR) is 69.8 cm³/mol. The largest absolute Gasteiger partial charge is 0.343 e. The summed E-state index contributed by atoms with van der Waals surface area (Å²) in [5.74, 6) is 0.705. The Bertz CT molecular complexity index is 470. The van der Waals surface area contributed by atoms with Gasteiger partial charge in [0.25, 0.3) is 0 Å². The first kappa shape index (κ1) is 11.5. The van der Waals surface area contributed by atoms with E-state index in [-0.39, 0.29) is 0 Å². The van der Waals surface area contributed by atoms with Crippen molar-refractivity contribution in [3.05, 3.63) is 42.6 Å². The molecule has 1 aromatic heterocycles. The van der Waals surface area contributed by atoms with Crippen LogP contribution in [0.5, 0.6) is 0 Å². The van der Waals surface area contributed by atoms with Crippen LogP contribution in [0.2, 0.25) is 0 Å². The van der Waals surface area contributed by atoms with Crippen LogP contribution in [0.15, 0.2) is 42.6 Å². The van der Waals surface area contributed by atoms with E-state index in [1.807, 2.05) is 48.3 Å². The van der Waals surface area contributed by atoms with Crippen LogP contribution in [0.1, 0.15) is 0 Å². The molecule has 17 heavy (non-hydrogen) atoms. The Kier molecular flexibility index (Phi) is 3.67. The van der Waals surface area contributed by atoms with Gasteiger partial charge in [-0.3, -0.25) is 0 Å². The zero-order valence-electron chi connectivity index (χ0n) is 9.87. The van der Waals surface area contributed by atoms with Gasteiger partial charge in [-0.2, -0.15) is 0 Å². The first-order valence-corrected chi connectivity index (χ1v) is 5.61. The lowest BCUT2D eigenvalue weighted by atomic mass is 10.1. The molecule has 0 unspecified atom stereocenters. The molecule has 0 bridgehead atoms. The highest BCUT2D eigenvalue weighted by molar-refractivity contribution is 5.59. The molecule has 4 heteroatoms. The van der Waals surface area contributed by atoms with Crippen molar-refractivity contribution in [3.8, 4) is 11.3 Å². The number of hydrogen-bond acceptors (Lipinski definition) is 4. The lowest BCUT2D eigenvalue weighted by Gasteiger charge is -2.16. The van der Waals surface area contributed by atoms with Crippen LogP contribution < -0.4 is 10.6 Å². The number of nitrogens with zero attached hydrogens (tertiary/aromatic N) is 3. The number of rotatable bonds is 4. The standard InChI is InChI=1S/C13H16N4/c1-17(10-8-14)13-15-9-7-12(16-13)11-5-3-2-4-6-11/h2-7,9H,8,10,14H2,1H3. The molecule has 0 atom stereocenters. The minimum atomic E-state index is 0.593. The fraction of sp³-hybridized carbons (Fsp3) is 0.231. The zero-order chi connectivity index (χ0) is 12.1. The van der Waals surface area contributed by atoms with Gasteiger partial charge in [0, 0.05) is 31.9 Å². The molecule has 0 aliphatic carbocycles. The van der Waals surface area contributed by atoms with E-state index in [1.54, 1.807) is 6.20 Å². The molecule has 0 aliphatic heterocycles. The van der Waals surface area contributed by atoms with E-state index < -0.39 is 0 Å². The van der Waals surface area contributed by atoms with Crippen molar-refractivity contribution in [1.29, 1.82) is 0 Å². The van der Waals surface area contributed by atoms with Gasteiger partial charge in [-0.1, -0.05) is 30.3 Å². The summed E-state index contributed by atoms with van der Waals surface area (Å²) in [6, 6.07) is 12.0. The molecule has 0 aliphatic rings. The third-order valence-corrected chi connectivity index (χ3v) is 2.52. The lowest BCUT2D eigenvalue weighted by Crippen LogP contribution is -2.26. The molecular formula is C13H16N4. The number of nitrogens with two attached hydrogens (primary N) is 1. The van der Waals surface area contributed by atoms with Gasteiger partial charge in [0.15, 0.2) is 0 Å². The van der Waals surface area contributed by atoms with Gasteiger partial charge in [0.2, 0.25) is 5.95 Å². The smallest absolute Gasteiger partial charge is 0.225 e. The maximum absolute atomic E-state index is 5.52. The fourth-order valence-electron chi connectivity index (χ4n) is 1.60. The van der Waals surface area contributed by atoms with Crippen LogP contribution in [-0.2, 0) is 0 Å². The van der Waals surface area contributed by atoms with E-state index in [1.165, 1.54) is 0 Å². The van der Waals surface area contributed by atoms with Crippen LogP contribution in [0, 0.1) is 0 Å². The first-order chi connectivity index (χ1) is 8.31. The second-order valence-electron chi connectivity index (χ2n) is 3.82. The number of benzene rings is 1. The maximum Gasteiger partial charge on any atom is 0.225 e. The van der Waals surface area contributed by atoms with Gasteiger partial charge >= 0.3 is 0 Å². The molecule has 0 saturated carbocycles. The average Bonchev–Trinajstić information content (AvgIpc) is 2.40. The van der Waals surface area contributed by atoms with Crippen molar-refractivity contribution in [1.82, 2.24) is 9.97 Å². The molecule has 1 heterocycles. The van der Waals surface area contributed by atoms with Crippen LogP contribution in [0.4, 0.5) is 5.95 Å². The fourth-order valence-corrected chi connectivity index (χ4v) is 1.60. The molecule has 1 aromatic carbocycles. The van der Waals surface area contributed by atoms with E-state index in [4.69, 9.17) is 5.73 Å². The van der Waals surface area contributed by atoms with E-state index in [0.717, 1.165) is 17.8 Å². The van der Waals surface area contributed by atoms with Gasteiger partial charge in [0.1, 0.15) is 0 Å². The number of aromatic nitrogens is 2. The Morgan fingerprint density at radius 2 is 1.94 bits per heavy atom. The van der Waals surface area contributed by atoms with Crippen molar-refractivity contribution < 1.29 is 0 Å². The van der Waals surface area contributed by atoms with Gasteiger partial charge in [-0.15, -0.1) is 0 Å². The number of anilines is 1. The Hall–Kier alpha value is -1.94. The first-order valence-electron chi connectivity index (χ1n) is 5.61. The summed E-state index contributed by atoms with van der Waals surface area (Å²) in [6.07, 6.45) is 1.78. The molecule has 88 valence electrons. The summed E-state index contributed by atoms with van der Waals surface area (Å²) >= 11 is 0. The third-order valence-electron chi connectivity index (χ3n) is 2.52. The Morgan fingerprint density at radius 1 is 1.18 bits per heavy atom. The normalized spacial score (nSPS) is 10.2. The number of hydrogen-bond donors (Lipinski definition) is 1. The quantitative estimate of drug-likeness (QED) is 0.862. The van der Waals surface area contributed by atoms with Crippen molar-refractivity contribution in [2.75, 3.05) is 25.0 Å². The lowest BCUT2D eigenvalue weighted by molar-refractivity contribution is 0.847. The molecule has 2 aromatic rings. The molecular weight excluding hydrogens is 212 g/mol. The van der Waals surface area contributed by atoms with Gasteiger partial charge in [-0.25, -0.2) is 9.97 Å². The van der Waals surface area contributed by atoms with Gasteiger partial charge in [-0.05, 0) is 6.07 Å². The molecule has 0 amide bonds. The predicted octanol–water partition coefficient (Wildman–Crippen LogP) is 1.54. The summed E-state index contributed by atoms with van der Waals surface area (Å²) in [4.78, 5) is 10.7. The second kappa shape index (κ2) is 5.41. The second-order valence-corrected chi connectivity index (χ2v) is 3.82. The average molecular weight is 228 g/mol. The van der Waals surface area contributed by atoms with Crippen LogP contribution in [-0.4, -0.2) is 30.1 Å². The van der Waals surface area contributed by atoms with Crippen molar-refractivity contribution >= 4 is 5.95 Å². The van der Waals surface area contributed by atoms with Crippen molar-refractivity contribution in [2.24, 2.45) is 5.73 Å². The molecule has 2 rings (SSSR count). The van der Waals surface area contributed by atoms with Crippen molar-refractivity contribution in [2.45, 2.75) is 0 Å². The highest BCUT2D eigenvalue weighted by Gasteiger charge is 2.05. The minimum Gasteiger partial charge on any atom is -0.343 e. The van der Waals surface area contributed by atoms with Crippen LogP contribution in [0.25, 0.3) is 11.3 Å². The minimum absolute atomic E-state index is 0.593. The van der Waals surface area contributed by atoms with Crippen LogP contribution >= 0.6 is 0 Å². The monoisotopic (exact) mass is 228 g/mol. The maximum atomic E-state index is 5.52. The summed E-state index contributed by atoms with van der Waals surface area (Å²) in [6.45, 7) is 1.34. The topological polar surface area (TPSA) is 55.0 Å². The SMILES string of the molecule is CN(CCN)c1nccc(-c2ccccc2)n1. The van der Waals surface area contributed by atoms with E-state index in [9.17, 15) is 0 Å². The Labute approximate surface area is 101 Å². The summed E-state index contributed by atoms with van der Waals surface area (Å²) in [5.41, 5.74) is 7.54. The summed E-state index contributed by atoms with van der Waals surface area (Å²) in [7, 11) is 1.94. The summed E-state index contributed by atoms with van der Waals surface area (Å²) in [5, 5.41) is 0. The molecule has 0 spiro atoms. The highest BCUT2D eigenvalue weighted by atomic mass is 15.2.